The second-order valence-electron chi connectivity index (χ2n) is 5.11. The van der Waals surface area contributed by atoms with Gasteiger partial charge in [0.2, 0.25) is 5.82 Å². The van der Waals surface area contributed by atoms with E-state index in [4.69, 9.17) is 0 Å². The molecule has 1 heterocycles. The lowest BCUT2D eigenvalue weighted by Crippen LogP contribution is -2.36. The third-order valence-electron chi connectivity index (χ3n) is 2.19. The molecule has 0 aliphatic rings. The summed E-state index contributed by atoms with van der Waals surface area (Å²) in [4.78, 5) is 26.3. The van der Waals surface area contributed by atoms with Crippen LogP contribution < -0.4 is 16.6 Å². The topological polar surface area (TPSA) is 93.9 Å². The van der Waals surface area contributed by atoms with Crippen LogP contribution in [-0.4, -0.2) is 47.3 Å². The molecule has 7 nitrogen and oxygen atoms in total. The standard InChI is InChI=1S/C10H19N5O2/c1-10(2,6-15(3)4)5-11-7-8(16)12-9(17)14-13-7/h5-6H2,1-4H3,(H,11,13)(H2,12,14,16,17). The van der Waals surface area contributed by atoms with Crippen molar-refractivity contribution in [1.29, 1.82) is 0 Å². The van der Waals surface area contributed by atoms with Crippen LogP contribution >= 0.6 is 0 Å². The number of hydrogen-bond acceptors (Lipinski definition) is 5. The van der Waals surface area contributed by atoms with Crippen molar-refractivity contribution in [2.24, 2.45) is 5.41 Å². The molecule has 0 fully saturated rings. The van der Waals surface area contributed by atoms with Gasteiger partial charge in [-0.05, 0) is 19.5 Å². The normalized spacial score (nSPS) is 11.8. The molecule has 96 valence electrons. The van der Waals surface area contributed by atoms with Gasteiger partial charge in [0.15, 0.2) is 0 Å². The third kappa shape index (κ3) is 4.39. The summed E-state index contributed by atoms with van der Waals surface area (Å²) in [5, 5.41) is 8.77. The van der Waals surface area contributed by atoms with E-state index in [1.807, 2.05) is 14.1 Å². The number of nitrogens with one attached hydrogen (secondary N) is 3. The molecule has 0 radical (unpaired) electrons. The molecule has 17 heavy (non-hydrogen) atoms. The first-order chi connectivity index (χ1) is 7.80. The lowest BCUT2D eigenvalue weighted by atomic mass is 9.93. The Morgan fingerprint density at radius 2 is 2.00 bits per heavy atom. The van der Waals surface area contributed by atoms with E-state index in [2.05, 4.69) is 39.2 Å². The van der Waals surface area contributed by atoms with E-state index in [-0.39, 0.29) is 11.2 Å². The van der Waals surface area contributed by atoms with Crippen molar-refractivity contribution < 1.29 is 0 Å². The van der Waals surface area contributed by atoms with Gasteiger partial charge in [-0.3, -0.25) is 9.78 Å². The Bertz CT molecular complexity index is 474. The highest BCUT2D eigenvalue weighted by atomic mass is 16.2. The first-order valence-corrected chi connectivity index (χ1v) is 5.38. The molecule has 0 saturated carbocycles. The molecule has 7 heteroatoms. The molecule has 0 amide bonds. The van der Waals surface area contributed by atoms with E-state index in [9.17, 15) is 9.59 Å². The molecule has 1 aromatic rings. The molecule has 0 atom stereocenters. The molecular formula is C10H19N5O2. The molecule has 0 aliphatic carbocycles. The zero-order valence-electron chi connectivity index (χ0n) is 10.6. The van der Waals surface area contributed by atoms with Crippen LogP contribution in [0.5, 0.6) is 0 Å². The fourth-order valence-electron chi connectivity index (χ4n) is 1.70. The van der Waals surface area contributed by atoms with E-state index < -0.39 is 11.2 Å². The van der Waals surface area contributed by atoms with Crippen LogP contribution in [0.1, 0.15) is 13.8 Å². The van der Waals surface area contributed by atoms with Gasteiger partial charge < -0.3 is 10.2 Å². The average molecular weight is 241 g/mol. The molecular weight excluding hydrogens is 222 g/mol. The summed E-state index contributed by atoms with van der Waals surface area (Å²) in [6.45, 7) is 5.63. The fraction of sp³-hybridized carbons (Fsp3) is 0.700. The number of rotatable bonds is 5. The molecule has 3 N–H and O–H groups in total. The zero-order valence-corrected chi connectivity index (χ0v) is 10.6. The van der Waals surface area contributed by atoms with Crippen LogP contribution in [0.2, 0.25) is 0 Å². The zero-order chi connectivity index (χ0) is 13.1. The minimum atomic E-state index is -0.604. The lowest BCUT2D eigenvalue weighted by molar-refractivity contribution is 0.254. The molecule has 0 spiro atoms. The molecule has 0 saturated heterocycles. The van der Waals surface area contributed by atoms with Crippen LogP contribution in [0.3, 0.4) is 0 Å². The summed E-state index contributed by atoms with van der Waals surface area (Å²) >= 11 is 0. The number of hydrogen-bond donors (Lipinski definition) is 3. The largest absolute Gasteiger partial charge is 0.363 e. The summed E-state index contributed by atoms with van der Waals surface area (Å²) in [6, 6.07) is 0. The third-order valence-corrected chi connectivity index (χ3v) is 2.19. The van der Waals surface area contributed by atoms with Gasteiger partial charge in [-0.2, -0.15) is 0 Å². The van der Waals surface area contributed by atoms with Gasteiger partial charge in [0, 0.05) is 13.1 Å². The van der Waals surface area contributed by atoms with E-state index in [1.54, 1.807) is 0 Å². The predicted molar refractivity (Wildman–Crippen MR) is 66.3 cm³/mol. The van der Waals surface area contributed by atoms with Crippen molar-refractivity contribution in [3.05, 3.63) is 20.8 Å². The summed E-state index contributed by atoms with van der Waals surface area (Å²) in [6.07, 6.45) is 0. The summed E-state index contributed by atoms with van der Waals surface area (Å²) in [5.74, 6) is 0.136. The fourth-order valence-corrected chi connectivity index (χ4v) is 1.70. The van der Waals surface area contributed by atoms with E-state index in [0.717, 1.165) is 6.54 Å². The van der Waals surface area contributed by atoms with E-state index in [0.29, 0.717) is 6.54 Å². The van der Waals surface area contributed by atoms with Crippen LogP contribution in [0.4, 0.5) is 5.82 Å². The lowest BCUT2D eigenvalue weighted by Gasteiger charge is -2.28. The number of nitrogens with zero attached hydrogens (tertiary/aromatic N) is 2. The van der Waals surface area contributed by atoms with Gasteiger partial charge in [0.1, 0.15) is 0 Å². The van der Waals surface area contributed by atoms with Crippen molar-refractivity contribution in [3.63, 3.8) is 0 Å². The Hall–Kier alpha value is -1.63. The Morgan fingerprint density at radius 3 is 2.53 bits per heavy atom. The van der Waals surface area contributed by atoms with E-state index >= 15 is 0 Å². The highest BCUT2D eigenvalue weighted by Gasteiger charge is 2.19. The Kier molecular flexibility index (Phi) is 4.06. The van der Waals surface area contributed by atoms with Crippen LogP contribution in [-0.2, 0) is 0 Å². The van der Waals surface area contributed by atoms with Gasteiger partial charge in [0.05, 0.1) is 0 Å². The summed E-state index contributed by atoms with van der Waals surface area (Å²) in [7, 11) is 3.99. The number of anilines is 1. The Balaban J connectivity index is 2.67. The molecule has 1 aromatic heterocycles. The molecule has 0 bridgehead atoms. The number of H-pyrrole nitrogens is 2. The Morgan fingerprint density at radius 1 is 1.35 bits per heavy atom. The maximum atomic E-state index is 11.4. The second-order valence-corrected chi connectivity index (χ2v) is 5.11. The van der Waals surface area contributed by atoms with Crippen LogP contribution in [0.25, 0.3) is 0 Å². The van der Waals surface area contributed by atoms with E-state index in [1.165, 1.54) is 0 Å². The quantitative estimate of drug-likeness (QED) is 0.643. The molecule has 0 aliphatic heterocycles. The maximum absolute atomic E-state index is 11.4. The Labute approximate surface area is 99.2 Å². The molecule has 0 aromatic carbocycles. The van der Waals surface area contributed by atoms with Gasteiger partial charge in [-0.25, -0.2) is 9.89 Å². The second kappa shape index (κ2) is 5.13. The summed E-state index contributed by atoms with van der Waals surface area (Å²) in [5.41, 5.74) is -1.11. The summed E-state index contributed by atoms with van der Waals surface area (Å²) < 4.78 is 0. The van der Waals surface area contributed by atoms with Gasteiger partial charge in [0.25, 0.3) is 5.56 Å². The van der Waals surface area contributed by atoms with Crippen molar-refractivity contribution in [1.82, 2.24) is 20.1 Å². The van der Waals surface area contributed by atoms with Gasteiger partial charge in [-0.1, -0.05) is 13.8 Å². The van der Waals surface area contributed by atoms with Crippen LogP contribution in [0, 0.1) is 5.41 Å². The van der Waals surface area contributed by atoms with Crippen molar-refractivity contribution in [3.8, 4) is 0 Å². The minimum absolute atomic E-state index is 0.00619. The van der Waals surface area contributed by atoms with Crippen LogP contribution in [0.15, 0.2) is 9.59 Å². The monoisotopic (exact) mass is 241 g/mol. The maximum Gasteiger partial charge on any atom is 0.342 e. The highest BCUT2D eigenvalue weighted by Crippen LogP contribution is 2.15. The highest BCUT2D eigenvalue weighted by molar-refractivity contribution is 5.28. The molecule has 1 rings (SSSR count). The molecule has 0 unspecified atom stereocenters. The van der Waals surface area contributed by atoms with Gasteiger partial charge in [-0.15, -0.1) is 5.10 Å². The number of aromatic nitrogens is 3. The van der Waals surface area contributed by atoms with Gasteiger partial charge >= 0.3 is 5.69 Å². The first kappa shape index (κ1) is 13.4. The number of aromatic amines is 2. The smallest absolute Gasteiger partial charge is 0.342 e. The SMILES string of the molecule is CN(C)CC(C)(C)CNc1n[nH]c(=O)[nH]c1=O. The minimum Gasteiger partial charge on any atom is -0.363 e. The van der Waals surface area contributed by atoms with Crippen molar-refractivity contribution in [2.45, 2.75) is 13.8 Å². The first-order valence-electron chi connectivity index (χ1n) is 5.38. The van der Waals surface area contributed by atoms with Crippen molar-refractivity contribution in [2.75, 3.05) is 32.5 Å². The van der Waals surface area contributed by atoms with Crippen molar-refractivity contribution >= 4 is 5.82 Å². The average Bonchev–Trinajstić information content (AvgIpc) is 2.14. The predicted octanol–water partition coefficient (Wildman–Crippen LogP) is -0.542.